The van der Waals surface area contributed by atoms with Gasteiger partial charge in [0.2, 0.25) is 5.82 Å². The van der Waals surface area contributed by atoms with Crippen LogP contribution in [0, 0.1) is 26.9 Å². The third-order valence-electron chi connectivity index (χ3n) is 5.10. The highest BCUT2D eigenvalue weighted by atomic mass is 16.6. The van der Waals surface area contributed by atoms with Crippen molar-refractivity contribution in [1.82, 2.24) is 4.98 Å². The molecule has 0 atom stereocenters. The summed E-state index contributed by atoms with van der Waals surface area (Å²) in [6, 6.07) is 1.03. The van der Waals surface area contributed by atoms with Crippen molar-refractivity contribution in [3.05, 3.63) is 27.9 Å². The molecular formula is C14H19N3O4. The minimum absolute atomic E-state index is 0.114. The molecule has 1 heterocycles. The highest BCUT2D eigenvalue weighted by Crippen LogP contribution is 2.68. The summed E-state index contributed by atoms with van der Waals surface area (Å²) >= 11 is 0. The van der Waals surface area contributed by atoms with Gasteiger partial charge < -0.3 is 10.4 Å². The Kier molecular flexibility index (Phi) is 3.39. The minimum Gasteiger partial charge on any atom is -0.478 e. The highest BCUT2D eigenvalue weighted by Gasteiger charge is 2.64. The van der Waals surface area contributed by atoms with E-state index in [0.717, 1.165) is 12.3 Å². The third-order valence-corrected chi connectivity index (χ3v) is 5.10. The van der Waals surface area contributed by atoms with E-state index < -0.39 is 10.9 Å². The summed E-state index contributed by atoms with van der Waals surface area (Å²) in [4.78, 5) is 25.2. The first-order chi connectivity index (χ1) is 9.59. The summed E-state index contributed by atoms with van der Waals surface area (Å²) in [6.07, 6.45) is 1.13. The van der Waals surface area contributed by atoms with Crippen molar-refractivity contribution in [3.8, 4) is 0 Å². The molecule has 1 saturated carbocycles. The van der Waals surface area contributed by atoms with Crippen LogP contribution in [-0.2, 0) is 0 Å². The van der Waals surface area contributed by atoms with Gasteiger partial charge in [0, 0.05) is 18.8 Å². The number of nitrogens with one attached hydrogen (secondary N) is 1. The first-order valence-corrected chi connectivity index (χ1v) is 6.70. The van der Waals surface area contributed by atoms with Crippen LogP contribution in [0.15, 0.2) is 12.3 Å². The Balaban J connectivity index is 2.18. The molecule has 0 spiro atoms. The molecule has 7 heteroatoms. The predicted octanol–water partition coefficient (Wildman–Crippen LogP) is 2.78. The summed E-state index contributed by atoms with van der Waals surface area (Å²) in [5, 5.41) is 22.9. The molecule has 0 unspecified atom stereocenters. The lowest BCUT2D eigenvalue weighted by Gasteiger charge is -2.07. The molecule has 1 aliphatic carbocycles. The number of carbonyl (C=O) groups is 1. The Labute approximate surface area is 122 Å². The van der Waals surface area contributed by atoms with E-state index >= 15 is 0 Å². The van der Waals surface area contributed by atoms with Gasteiger partial charge in [-0.2, -0.15) is 0 Å². The topological polar surface area (TPSA) is 105 Å². The molecule has 1 aromatic rings. The molecule has 7 nitrogen and oxygen atoms in total. The van der Waals surface area contributed by atoms with Crippen molar-refractivity contribution in [3.63, 3.8) is 0 Å². The lowest BCUT2D eigenvalue weighted by molar-refractivity contribution is -0.384. The smallest absolute Gasteiger partial charge is 0.337 e. The first-order valence-electron chi connectivity index (χ1n) is 6.70. The molecule has 2 N–H and O–H groups in total. The third kappa shape index (κ3) is 2.43. The van der Waals surface area contributed by atoms with Crippen molar-refractivity contribution in [1.29, 1.82) is 0 Å². The molecule has 114 valence electrons. The van der Waals surface area contributed by atoms with Gasteiger partial charge in [-0.25, -0.2) is 9.78 Å². The fourth-order valence-corrected chi connectivity index (χ4v) is 2.89. The monoisotopic (exact) mass is 293 g/mol. The number of hydrogen-bond donors (Lipinski definition) is 2. The van der Waals surface area contributed by atoms with Crippen LogP contribution in [0.4, 0.5) is 11.5 Å². The molecule has 1 fully saturated rings. The molecule has 1 aromatic heterocycles. The van der Waals surface area contributed by atoms with E-state index in [-0.39, 0.29) is 27.9 Å². The van der Waals surface area contributed by atoms with Gasteiger partial charge in [-0.1, -0.05) is 27.7 Å². The number of pyridine rings is 1. The molecule has 0 amide bonds. The number of nitro groups is 1. The normalized spacial score (nSPS) is 19.0. The fraction of sp³-hybridized carbons (Fsp3) is 0.571. The maximum atomic E-state index is 11.0. The standard InChI is InChI=1S/C14H19N3O4/c1-13(2)10(14(13,3)4)7-16-11-9(17(20)21)5-8(6-15-11)12(18)19/h5-6,10H,7H2,1-4H3,(H,15,16)(H,18,19). The summed E-state index contributed by atoms with van der Waals surface area (Å²) in [6.45, 7) is 9.22. The van der Waals surface area contributed by atoms with Gasteiger partial charge in [0.05, 0.1) is 10.5 Å². The Bertz CT molecular complexity index is 596. The van der Waals surface area contributed by atoms with Crippen LogP contribution in [0.3, 0.4) is 0 Å². The number of rotatable bonds is 5. The predicted molar refractivity (Wildman–Crippen MR) is 77.4 cm³/mol. The van der Waals surface area contributed by atoms with Gasteiger partial charge in [-0.3, -0.25) is 10.1 Å². The number of carboxylic acid groups (broad SMARTS) is 1. The van der Waals surface area contributed by atoms with Crippen LogP contribution >= 0.6 is 0 Å². The SMILES string of the molecule is CC1(C)C(CNc2ncc(C(=O)O)cc2[N+](=O)[O-])C1(C)C. The molecule has 0 aliphatic heterocycles. The largest absolute Gasteiger partial charge is 0.478 e. The van der Waals surface area contributed by atoms with E-state index in [9.17, 15) is 14.9 Å². The zero-order valence-corrected chi connectivity index (χ0v) is 12.5. The number of aromatic nitrogens is 1. The maximum Gasteiger partial charge on any atom is 0.337 e. The number of anilines is 1. The van der Waals surface area contributed by atoms with Crippen LogP contribution in [-0.4, -0.2) is 27.5 Å². The van der Waals surface area contributed by atoms with Crippen molar-refractivity contribution < 1.29 is 14.8 Å². The average molecular weight is 293 g/mol. The molecular weight excluding hydrogens is 274 g/mol. The summed E-state index contributed by atoms with van der Waals surface area (Å²) in [5.74, 6) is -0.740. The van der Waals surface area contributed by atoms with E-state index in [0.29, 0.717) is 12.5 Å². The molecule has 0 saturated heterocycles. The lowest BCUT2D eigenvalue weighted by Crippen LogP contribution is -2.12. The lowest BCUT2D eigenvalue weighted by atomic mass is 10.0. The van der Waals surface area contributed by atoms with Gasteiger partial charge in [-0.15, -0.1) is 0 Å². The summed E-state index contributed by atoms with van der Waals surface area (Å²) in [7, 11) is 0. The minimum atomic E-state index is -1.23. The Morgan fingerprint density at radius 3 is 2.43 bits per heavy atom. The fourth-order valence-electron chi connectivity index (χ4n) is 2.89. The number of hydrogen-bond acceptors (Lipinski definition) is 5. The Morgan fingerprint density at radius 1 is 1.43 bits per heavy atom. The summed E-state index contributed by atoms with van der Waals surface area (Å²) in [5.41, 5.74) is -0.184. The summed E-state index contributed by atoms with van der Waals surface area (Å²) < 4.78 is 0. The van der Waals surface area contributed by atoms with E-state index in [1.807, 2.05) is 0 Å². The van der Waals surface area contributed by atoms with E-state index in [4.69, 9.17) is 5.11 Å². The van der Waals surface area contributed by atoms with Crippen LogP contribution in [0.1, 0.15) is 38.1 Å². The first kappa shape index (κ1) is 15.2. The number of nitrogens with zero attached hydrogens (tertiary/aromatic N) is 2. The van der Waals surface area contributed by atoms with Crippen LogP contribution in [0.25, 0.3) is 0 Å². The Hall–Kier alpha value is -2.18. The van der Waals surface area contributed by atoms with Gasteiger partial charge in [0.15, 0.2) is 0 Å². The number of aromatic carboxylic acids is 1. The molecule has 2 rings (SSSR count). The van der Waals surface area contributed by atoms with Crippen molar-refractivity contribution in [2.45, 2.75) is 27.7 Å². The van der Waals surface area contributed by atoms with Crippen LogP contribution < -0.4 is 5.32 Å². The molecule has 0 radical (unpaired) electrons. The quantitative estimate of drug-likeness (QED) is 0.638. The van der Waals surface area contributed by atoms with Gasteiger partial charge in [0.25, 0.3) is 0 Å². The second-order valence-electron chi connectivity index (χ2n) is 6.53. The van der Waals surface area contributed by atoms with Gasteiger partial charge in [-0.05, 0) is 16.7 Å². The second-order valence-corrected chi connectivity index (χ2v) is 6.53. The highest BCUT2D eigenvalue weighted by molar-refractivity contribution is 5.88. The van der Waals surface area contributed by atoms with Crippen molar-refractivity contribution in [2.24, 2.45) is 16.7 Å². The Morgan fingerprint density at radius 2 is 2.00 bits per heavy atom. The van der Waals surface area contributed by atoms with E-state index in [1.54, 1.807) is 0 Å². The second kappa shape index (κ2) is 4.68. The van der Waals surface area contributed by atoms with Gasteiger partial charge >= 0.3 is 11.7 Å². The van der Waals surface area contributed by atoms with Crippen LogP contribution in [0.5, 0.6) is 0 Å². The van der Waals surface area contributed by atoms with E-state index in [1.165, 1.54) is 0 Å². The molecule has 0 aromatic carbocycles. The molecule has 21 heavy (non-hydrogen) atoms. The van der Waals surface area contributed by atoms with E-state index in [2.05, 4.69) is 38.0 Å². The molecule has 1 aliphatic rings. The van der Waals surface area contributed by atoms with Gasteiger partial charge in [0.1, 0.15) is 0 Å². The van der Waals surface area contributed by atoms with Crippen molar-refractivity contribution >= 4 is 17.5 Å². The van der Waals surface area contributed by atoms with Crippen LogP contribution in [0.2, 0.25) is 0 Å². The molecule has 0 bridgehead atoms. The zero-order chi connectivity index (χ0) is 16.0. The number of carboxylic acids is 1. The van der Waals surface area contributed by atoms with Crippen molar-refractivity contribution in [2.75, 3.05) is 11.9 Å². The zero-order valence-electron chi connectivity index (χ0n) is 12.5. The maximum absolute atomic E-state index is 11.0. The average Bonchev–Trinajstić information content (AvgIpc) is 2.76.